The molecule has 98 valence electrons. The lowest BCUT2D eigenvalue weighted by Crippen LogP contribution is -2.26. The van der Waals surface area contributed by atoms with E-state index in [1.807, 2.05) is 37.3 Å². The van der Waals surface area contributed by atoms with E-state index in [0.717, 1.165) is 5.56 Å². The lowest BCUT2D eigenvalue weighted by molar-refractivity contribution is 0.0939. The molecular formula is C15H14FNOS. The number of amides is 1. The van der Waals surface area contributed by atoms with Gasteiger partial charge in [-0.05, 0) is 30.7 Å². The smallest absolute Gasteiger partial charge is 0.251 e. The summed E-state index contributed by atoms with van der Waals surface area (Å²) in [6, 6.07) is 13.6. The van der Waals surface area contributed by atoms with E-state index in [2.05, 4.69) is 17.9 Å². The SMILES string of the molecule is CC(NC(=O)c1ccc(F)c(S)c1)c1ccccc1. The molecule has 1 amide bonds. The highest BCUT2D eigenvalue weighted by Crippen LogP contribution is 2.16. The van der Waals surface area contributed by atoms with Gasteiger partial charge in [0.15, 0.2) is 0 Å². The third-order valence-corrected chi connectivity index (χ3v) is 3.20. The second-order valence-corrected chi connectivity index (χ2v) is 4.75. The first kappa shape index (κ1) is 13.6. The molecule has 0 saturated heterocycles. The Morgan fingerprint density at radius 3 is 2.53 bits per heavy atom. The van der Waals surface area contributed by atoms with E-state index in [-0.39, 0.29) is 16.8 Å². The molecule has 1 unspecified atom stereocenters. The normalized spacial score (nSPS) is 11.9. The van der Waals surface area contributed by atoms with E-state index in [0.29, 0.717) is 5.56 Å². The molecule has 0 heterocycles. The van der Waals surface area contributed by atoms with Gasteiger partial charge >= 0.3 is 0 Å². The van der Waals surface area contributed by atoms with Crippen LogP contribution in [0.2, 0.25) is 0 Å². The first-order chi connectivity index (χ1) is 9.08. The van der Waals surface area contributed by atoms with Gasteiger partial charge < -0.3 is 5.32 Å². The van der Waals surface area contributed by atoms with Crippen LogP contribution in [0, 0.1) is 5.82 Å². The maximum Gasteiger partial charge on any atom is 0.251 e. The summed E-state index contributed by atoms with van der Waals surface area (Å²) in [4.78, 5) is 12.2. The zero-order valence-corrected chi connectivity index (χ0v) is 11.3. The first-order valence-electron chi connectivity index (χ1n) is 5.92. The van der Waals surface area contributed by atoms with Crippen molar-refractivity contribution in [3.8, 4) is 0 Å². The van der Waals surface area contributed by atoms with Gasteiger partial charge in [0.25, 0.3) is 5.91 Å². The largest absolute Gasteiger partial charge is 0.346 e. The van der Waals surface area contributed by atoms with Crippen molar-refractivity contribution >= 4 is 18.5 Å². The molecule has 0 aromatic heterocycles. The van der Waals surface area contributed by atoms with Crippen LogP contribution in [0.1, 0.15) is 28.9 Å². The van der Waals surface area contributed by atoms with Crippen LogP contribution in [0.5, 0.6) is 0 Å². The molecule has 2 rings (SSSR count). The van der Waals surface area contributed by atoms with Gasteiger partial charge in [-0.15, -0.1) is 12.6 Å². The fourth-order valence-corrected chi connectivity index (χ4v) is 1.97. The molecule has 0 radical (unpaired) electrons. The molecule has 19 heavy (non-hydrogen) atoms. The van der Waals surface area contributed by atoms with Gasteiger partial charge in [0.05, 0.1) is 6.04 Å². The Morgan fingerprint density at radius 2 is 1.89 bits per heavy atom. The van der Waals surface area contributed by atoms with Crippen molar-refractivity contribution in [2.24, 2.45) is 0 Å². The van der Waals surface area contributed by atoms with Crippen LogP contribution in [0.3, 0.4) is 0 Å². The highest BCUT2D eigenvalue weighted by atomic mass is 32.1. The van der Waals surface area contributed by atoms with E-state index in [1.165, 1.54) is 18.2 Å². The zero-order valence-electron chi connectivity index (χ0n) is 10.4. The summed E-state index contributed by atoms with van der Waals surface area (Å²) in [7, 11) is 0. The van der Waals surface area contributed by atoms with Crippen LogP contribution in [0.4, 0.5) is 4.39 Å². The summed E-state index contributed by atoms with van der Waals surface area (Å²) in [5, 5.41) is 2.86. The Hall–Kier alpha value is -1.81. The molecule has 0 aliphatic carbocycles. The van der Waals surface area contributed by atoms with Crippen molar-refractivity contribution in [1.29, 1.82) is 0 Å². The Labute approximate surface area is 117 Å². The number of carbonyl (C=O) groups excluding carboxylic acids is 1. The van der Waals surface area contributed by atoms with Crippen LogP contribution < -0.4 is 5.32 Å². The van der Waals surface area contributed by atoms with Crippen LogP contribution in [0.15, 0.2) is 53.4 Å². The van der Waals surface area contributed by atoms with Gasteiger partial charge in [-0.3, -0.25) is 4.79 Å². The number of benzene rings is 2. The van der Waals surface area contributed by atoms with E-state index in [1.54, 1.807) is 0 Å². The summed E-state index contributed by atoms with van der Waals surface area (Å²) in [6.45, 7) is 1.90. The molecular weight excluding hydrogens is 261 g/mol. The van der Waals surface area contributed by atoms with Gasteiger partial charge in [-0.25, -0.2) is 4.39 Å². The molecule has 1 atom stereocenters. The molecule has 0 bridgehead atoms. The Balaban J connectivity index is 2.11. The monoisotopic (exact) mass is 275 g/mol. The zero-order chi connectivity index (χ0) is 13.8. The Bertz CT molecular complexity index is 586. The Morgan fingerprint density at radius 1 is 1.21 bits per heavy atom. The average molecular weight is 275 g/mol. The minimum atomic E-state index is -0.434. The maximum atomic E-state index is 13.1. The minimum Gasteiger partial charge on any atom is -0.346 e. The number of thiol groups is 1. The molecule has 1 N–H and O–H groups in total. The van der Waals surface area contributed by atoms with E-state index < -0.39 is 5.82 Å². The third kappa shape index (κ3) is 3.35. The number of nitrogens with one attached hydrogen (secondary N) is 1. The molecule has 4 heteroatoms. The second-order valence-electron chi connectivity index (χ2n) is 4.27. The first-order valence-corrected chi connectivity index (χ1v) is 6.37. The summed E-state index contributed by atoms with van der Waals surface area (Å²) in [5.41, 5.74) is 1.42. The van der Waals surface area contributed by atoms with Crippen molar-refractivity contribution in [2.75, 3.05) is 0 Å². The van der Waals surface area contributed by atoms with Gasteiger partial charge in [0.2, 0.25) is 0 Å². The average Bonchev–Trinajstić information content (AvgIpc) is 2.42. The lowest BCUT2D eigenvalue weighted by atomic mass is 10.1. The van der Waals surface area contributed by atoms with Gasteiger partial charge in [0, 0.05) is 10.5 Å². The highest BCUT2D eigenvalue weighted by molar-refractivity contribution is 7.80. The molecule has 0 fully saturated rings. The highest BCUT2D eigenvalue weighted by Gasteiger charge is 2.12. The van der Waals surface area contributed by atoms with Gasteiger partial charge in [-0.2, -0.15) is 0 Å². The molecule has 0 spiro atoms. The van der Waals surface area contributed by atoms with Crippen LogP contribution >= 0.6 is 12.6 Å². The van der Waals surface area contributed by atoms with Crippen LogP contribution in [-0.2, 0) is 0 Å². The van der Waals surface area contributed by atoms with Crippen LogP contribution in [-0.4, -0.2) is 5.91 Å². The molecule has 2 aromatic rings. The Kier molecular flexibility index (Phi) is 4.22. The number of rotatable bonds is 3. The number of carbonyl (C=O) groups is 1. The van der Waals surface area contributed by atoms with E-state index in [9.17, 15) is 9.18 Å². The second kappa shape index (κ2) is 5.89. The molecule has 0 saturated carbocycles. The summed E-state index contributed by atoms with van der Waals surface area (Å²) in [5.74, 6) is -0.678. The minimum absolute atomic E-state index is 0.109. The number of hydrogen-bond donors (Lipinski definition) is 2. The van der Waals surface area contributed by atoms with E-state index in [4.69, 9.17) is 0 Å². The fraction of sp³-hybridized carbons (Fsp3) is 0.133. The van der Waals surface area contributed by atoms with E-state index >= 15 is 0 Å². The van der Waals surface area contributed by atoms with Crippen molar-refractivity contribution in [2.45, 2.75) is 17.9 Å². The summed E-state index contributed by atoms with van der Waals surface area (Å²) in [6.07, 6.45) is 0. The number of hydrogen-bond acceptors (Lipinski definition) is 2. The van der Waals surface area contributed by atoms with Gasteiger partial charge in [0.1, 0.15) is 5.82 Å². The van der Waals surface area contributed by atoms with Crippen molar-refractivity contribution in [1.82, 2.24) is 5.32 Å². The predicted octanol–water partition coefficient (Wildman–Crippen LogP) is 3.61. The molecule has 0 aliphatic heterocycles. The van der Waals surface area contributed by atoms with Gasteiger partial charge in [-0.1, -0.05) is 30.3 Å². The summed E-state index contributed by atoms with van der Waals surface area (Å²) >= 11 is 3.97. The van der Waals surface area contributed by atoms with Crippen molar-refractivity contribution in [3.05, 3.63) is 65.5 Å². The molecule has 0 aliphatic rings. The topological polar surface area (TPSA) is 29.1 Å². The standard InChI is InChI=1S/C15H14FNOS/c1-10(11-5-3-2-4-6-11)17-15(18)12-7-8-13(16)14(19)9-12/h2-10,19H,1H3,(H,17,18). The van der Waals surface area contributed by atoms with Crippen molar-refractivity contribution in [3.63, 3.8) is 0 Å². The molecule has 2 aromatic carbocycles. The molecule has 2 nitrogen and oxygen atoms in total. The number of halogens is 1. The maximum absolute atomic E-state index is 13.1. The predicted molar refractivity (Wildman–Crippen MR) is 76.0 cm³/mol. The third-order valence-electron chi connectivity index (χ3n) is 2.86. The van der Waals surface area contributed by atoms with Crippen LogP contribution in [0.25, 0.3) is 0 Å². The summed E-state index contributed by atoms with van der Waals surface area (Å²) < 4.78 is 13.1. The van der Waals surface area contributed by atoms with Crippen molar-refractivity contribution < 1.29 is 9.18 Å². The fourth-order valence-electron chi connectivity index (χ4n) is 1.76. The lowest BCUT2D eigenvalue weighted by Gasteiger charge is -2.14. The quantitative estimate of drug-likeness (QED) is 0.823.